The number of halogens is 1. The lowest BCUT2D eigenvalue weighted by atomic mass is 10.00. The molecule has 4 aromatic carbocycles. The van der Waals surface area contributed by atoms with Crippen molar-refractivity contribution >= 4 is 29.0 Å². The number of carboxylic acids is 1. The number of hydrogen-bond acceptors (Lipinski definition) is 5. The smallest absolute Gasteiger partial charge is 0.326 e. The summed E-state index contributed by atoms with van der Waals surface area (Å²) in [7, 11) is 0. The van der Waals surface area contributed by atoms with E-state index in [1.54, 1.807) is 77.7 Å². The predicted octanol–water partition coefficient (Wildman–Crippen LogP) is 6.77. The average Bonchev–Trinajstić information content (AvgIpc) is 3.02. The van der Waals surface area contributed by atoms with E-state index < -0.39 is 12.0 Å². The molecule has 0 aliphatic rings. The van der Waals surface area contributed by atoms with E-state index in [2.05, 4.69) is 5.32 Å². The minimum absolute atomic E-state index is 0.0212. The number of carbonyl (C=O) groups excluding carboxylic acids is 2. The van der Waals surface area contributed by atoms with Gasteiger partial charge in [-0.05, 0) is 66.9 Å². The fourth-order valence-corrected chi connectivity index (χ4v) is 4.68. The maximum absolute atomic E-state index is 13.4. The Morgan fingerprint density at radius 2 is 1.56 bits per heavy atom. The summed E-state index contributed by atoms with van der Waals surface area (Å²) in [4.78, 5) is 39.5. The van der Waals surface area contributed by atoms with E-state index in [0.29, 0.717) is 54.2 Å². The van der Waals surface area contributed by atoms with Gasteiger partial charge in [0.25, 0.3) is 0 Å². The standard InChI is InChI=1S/C35H35FN2O5/c1-2-9-33(39)38(28-18-16-27(36)17-19-28)22-8-23-43-29-20-14-25(15-21-29)24-32(35(41)42)37-31-13-7-6-12-30(31)34(40)26-10-4-3-5-11-26/h3-7,10-21,32,37H,2,8-9,22-24H2,1H3,(H,41,42)/t32-/m0/s1. The van der Waals surface area contributed by atoms with Gasteiger partial charge in [-0.15, -0.1) is 0 Å². The summed E-state index contributed by atoms with van der Waals surface area (Å²) in [6.45, 7) is 2.73. The number of hydrogen-bond donors (Lipinski definition) is 2. The molecule has 0 saturated heterocycles. The van der Waals surface area contributed by atoms with Crippen molar-refractivity contribution in [2.24, 2.45) is 0 Å². The van der Waals surface area contributed by atoms with E-state index in [1.165, 1.54) is 12.1 Å². The summed E-state index contributed by atoms with van der Waals surface area (Å²) in [6, 6.07) is 27.8. The molecule has 0 aliphatic heterocycles. The molecule has 0 fully saturated rings. The third-order valence-corrected chi connectivity index (χ3v) is 6.90. The first-order valence-electron chi connectivity index (χ1n) is 14.3. The number of ether oxygens (including phenoxy) is 1. The predicted molar refractivity (Wildman–Crippen MR) is 165 cm³/mol. The number of ketones is 1. The normalized spacial score (nSPS) is 11.4. The van der Waals surface area contributed by atoms with Crippen LogP contribution in [0, 0.1) is 5.82 Å². The number of benzene rings is 4. The first-order chi connectivity index (χ1) is 20.9. The van der Waals surface area contributed by atoms with Crippen LogP contribution in [0.5, 0.6) is 5.75 Å². The van der Waals surface area contributed by atoms with Crippen molar-refractivity contribution in [1.29, 1.82) is 0 Å². The minimum Gasteiger partial charge on any atom is -0.494 e. The van der Waals surface area contributed by atoms with Crippen LogP contribution in [0.4, 0.5) is 15.8 Å². The molecule has 222 valence electrons. The molecule has 0 unspecified atom stereocenters. The van der Waals surface area contributed by atoms with Crippen LogP contribution < -0.4 is 15.0 Å². The molecule has 0 bridgehead atoms. The number of nitrogens with one attached hydrogen (secondary N) is 1. The topological polar surface area (TPSA) is 95.9 Å². The summed E-state index contributed by atoms with van der Waals surface area (Å²) in [6.07, 6.45) is 1.88. The van der Waals surface area contributed by atoms with Crippen LogP contribution in [0.1, 0.15) is 47.7 Å². The van der Waals surface area contributed by atoms with E-state index in [1.807, 2.05) is 25.1 Å². The Balaban J connectivity index is 1.34. The third kappa shape index (κ3) is 8.75. The molecule has 0 spiro atoms. The van der Waals surface area contributed by atoms with Crippen molar-refractivity contribution in [3.05, 3.63) is 126 Å². The maximum atomic E-state index is 13.4. The van der Waals surface area contributed by atoms with E-state index in [0.717, 1.165) is 12.0 Å². The van der Waals surface area contributed by atoms with Crippen LogP contribution in [0.15, 0.2) is 103 Å². The van der Waals surface area contributed by atoms with Gasteiger partial charge in [-0.3, -0.25) is 9.59 Å². The number of amides is 1. The Labute approximate surface area is 250 Å². The van der Waals surface area contributed by atoms with Gasteiger partial charge < -0.3 is 20.1 Å². The van der Waals surface area contributed by atoms with E-state index in [-0.39, 0.29) is 23.9 Å². The highest BCUT2D eigenvalue weighted by Gasteiger charge is 2.21. The van der Waals surface area contributed by atoms with Gasteiger partial charge in [-0.2, -0.15) is 0 Å². The monoisotopic (exact) mass is 582 g/mol. The van der Waals surface area contributed by atoms with Crippen molar-refractivity contribution in [1.82, 2.24) is 0 Å². The van der Waals surface area contributed by atoms with Gasteiger partial charge in [0, 0.05) is 41.9 Å². The third-order valence-electron chi connectivity index (χ3n) is 6.90. The zero-order valence-corrected chi connectivity index (χ0v) is 24.0. The van der Waals surface area contributed by atoms with Crippen LogP contribution in [0.25, 0.3) is 0 Å². The first kappa shape index (κ1) is 31.0. The number of carboxylic acid groups (broad SMARTS) is 1. The summed E-state index contributed by atoms with van der Waals surface area (Å²) >= 11 is 0. The Morgan fingerprint density at radius 1 is 0.884 bits per heavy atom. The van der Waals surface area contributed by atoms with Crippen LogP contribution in [-0.2, 0) is 16.0 Å². The van der Waals surface area contributed by atoms with E-state index >= 15 is 0 Å². The second kappa shape index (κ2) is 15.3. The number of nitrogens with zero attached hydrogens (tertiary/aromatic N) is 1. The molecule has 7 nitrogen and oxygen atoms in total. The second-order valence-corrected chi connectivity index (χ2v) is 10.1. The molecule has 4 aromatic rings. The highest BCUT2D eigenvalue weighted by Crippen LogP contribution is 2.22. The van der Waals surface area contributed by atoms with Crippen LogP contribution >= 0.6 is 0 Å². The SMILES string of the molecule is CCCC(=O)N(CCCOc1ccc(C[C@H](Nc2ccccc2C(=O)c2ccccc2)C(=O)O)cc1)c1ccc(F)cc1. The van der Waals surface area contributed by atoms with Gasteiger partial charge in [-0.1, -0.05) is 61.5 Å². The highest BCUT2D eigenvalue weighted by molar-refractivity contribution is 6.12. The summed E-state index contributed by atoms with van der Waals surface area (Å²) in [5, 5.41) is 13.0. The lowest BCUT2D eigenvalue weighted by Crippen LogP contribution is -2.32. The molecule has 0 aromatic heterocycles. The molecule has 0 saturated carbocycles. The van der Waals surface area contributed by atoms with Gasteiger partial charge in [0.1, 0.15) is 17.6 Å². The molecule has 1 amide bonds. The molecule has 0 radical (unpaired) electrons. The number of anilines is 2. The lowest BCUT2D eigenvalue weighted by molar-refractivity contribution is -0.137. The Hall–Kier alpha value is -4.98. The zero-order chi connectivity index (χ0) is 30.6. The number of carbonyl (C=O) groups is 3. The van der Waals surface area contributed by atoms with Gasteiger partial charge >= 0.3 is 5.97 Å². The molecule has 4 rings (SSSR count). The quantitative estimate of drug-likeness (QED) is 0.119. The van der Waals surface area contributed by atoms with Gasteiger partial charge in [0.15, 0.2) is 5.78 Å². The molecule has 2 N–H and O–H groups in total. The average molecular weight is 583 g/mol. The largest absolute Gasteiger partial charge is 0.494 e. The van der Waals surface area contributed by atoms with Crippen molar-refractivity contribution in [3.8, 4) is 5.75 Å². The molecular formula is C35H35FN2O5. The Morgan fingerprint density at radius 3 is 2.23 bits per heavy atom. The maximum Gasteiger partial charge on any atom is 0.326 e. The van der Waals surface area contributed by atoms with Gasteiger partial charge in [0.05, 0.1) is 6.61 Å². The van der Waals surface area contributed by atoms with E-state index in [4.69, 9.17) is 4.74 Å². The highest BCUT2D eigenvalue weighted by atomic mass is 19.1. The number of rotatable bonds is 15. The van der Waals surface area contributed by atoms with Gasteiger partial charge in [-0.25, -0.2) is 9.18 Å². The summed E-state index contributed by atoms with van der Waals surface area (Å²) in [5.41, 5.74) is 2.81. The molecular weight excluding hydrogens is 547 g/mol. The Bertz CT molecular complexity index is 1510. The Kier molecular flexibility index (Phi) is 11.0. The summed E-state index contributed by atoms with van der Waals surface area (Å²) < 4.78 is 19.2. The molecule has 0 aliphatic carbocycles. The number of aliphatic carboxylic acids is 1. The molecule has 43 heavy (non-hydrogen) atoms. The molecule has 1 atom stereocenters. The second-order valence-electron chi connectivity index (χ2n) is 10.1. The molecule has 8 heteroatoms. The van der Waals surface area contributed by atoms with Crippen molar-refractivity contribution in [3.63, 3.8) is 0 Å². The van der Waals surface area contributed by atoms with Crippen molar-refractivity contribution in [2.45, 2.75) is 38.6 Å². The fourth-order valence-electron chi connectivity index (χ4n) is 4.68. The van der Waals surface area contributed by atoms with Crippen molar-refractivity contribution in [2.75, 3.05) is 23.4 Å². The van der Waals surface area contributed by atoms with Crippen molar-refractivity contribution < 1.29 is 28.6 Å². The fraction of sp³-hybridized carbons (Fsp3) is 0.229. The van der Waals surface area contributed by atoms with Crippen LogP contribution in [-0.4, -0.2) is 42.0 Å². The van der Waals surface area contributed by atoms with Gasteiger partial charge in [0.2, 0.25) is 5.91 Å². The zero-order valence-electron chi connectivity index (χ0n) is 24.0. The molecule has 0 heterocycles. The first-order valence-corrected chi connectivity index (χ1v) is 14.3. The number of para-hydroxylation sites is 1. The lowest BCUT2D eigenvalue weighted by Gasteiger charge is -2.23. The minimum atomic E-state index is -1.04. The summed E-state index contributed by atoms with van der Waals surface area (Å²) in [5.74, 6) is -0.981. The van der Waals surface area contributed by atoms with Crippen LogP contribution in [0.2, 0.25) is 0 Å². The van der Waals surface area contributed by atoms with E-state index in [9.17, 15) is 23.9 Å². The van der Waals surface area contributed by atoms with Crippen LogP contribution in [0.3, 0.4) is 0 Å².